The quantitative estimate of drug-likeness (QED) is 0.785. The van der Waals surface area contributed by atoms with Gasteiger partial charge >= 0.3 is 0 Å². The van der Waals surface area contributed by atoms with Gasteiger partial charge in [-0.2, -0.15) is 5.10 Å². The van der Waals surface area contributed by atoms with Gasteiger partial charge in [0.2, 0.25) is 0 Å². The predicted molar refractivity (Wildman–Crippen MR) is 95.1 cm³/mol. The maximum Gasteiger partial charge on any atom is 0.254 e. The van der Waals surface area contributed by atoms with Crippen molar-refractivity contribution in [3.8, 4) is 0 Å². The molecule has 2 heterocycles. The summed E-state index contributed by atoms with van der Waals surface area (Å²) in [7, 11) is 1.84. The third kappa shape index (κ3) is 3.30. The van der Waals surface area contributed by atoms with Gasteiger partial charge in [0, 0.05) is 30.9 Å². The lowest BCUT2D eigenvalue weighted by Crippen LogP contribution is -2.29. The first-order valence-corrected chi connectivity index (χ1v) is 8.22. The van der Waals surface area contributed by atoms with Crippen LogP contribution in [-0.4, -0.2) is 39.6 Å². The van der Waals surface area contributed by atoms with E-state index in [-0.39, 0.29) is 5.91 Å². The molecule has 1 N–H and O–H groups in total. The van der Waals surface area contributed by atoms with Crippen molar-refractivity contribution < 1.29 is 4.79 Å². The molecule has 0 aliphatic heterocycles. The van der Waals surface area contributed by atoms with Crippen LogP contribution >= 0.6 is 0 Å². The molecule has 5 heteroatoms. The number of rotatable bonds is 5. The number of pyridine rings is 1. The van der Waals surface area contributed by atoms with E-state index >= 15 is 0 Å². The Morgan fingerprint density at radius 3 is 2.79 bits per heavy atom. The van der Waals surface area contributed by atoms with Crippen molar-refractivity contribution in [1.82, 2.24) is 20.1 Å². The van der Waals surface area contributed by atoms with E-state index in [0.717, 1.165) is 40.6 Å². The van der Waals surface area contributed by atoms with E-state index in [9.17, 15) is 4.79 Å². The van der Waals surface area contributed by atoms with Crippen LogP contribution in [0, 0.1) is 6.92 Å². The van der Waals surface area contributed by atoms with E-state index in [1.807, 2.05) is 32.3 Å². The minimum atomic E-state index is 0.0299. The van der Waals surface area contributed by atoms with Crippen LogP contribution in [0.25, 0.3) is 10.9 Å². The average molecular weight is 322 g/mol. The Balaban J connectivity index is 1.90. The zero-order valence-electron chi connectivity index (χ0n) is 14.3. The molecule has 124 valence electrons. The van der Waals surface area contributed by atoms with Gasteiger partial charge in [-0.1, -0.05) is 13.0 Å². The number of aromatic amines is 1. The van der Waals surface area contributed by atoms with Gasteiger partial charge in [-0.25, -0.2) is 0 Å². The van der Waals surface area contributed by atoms with Crippen LogP contribution in [-0.2, 0) is 12.8 Å². The molecule has 0 aliphatic carbocycles. The third-order valence-corrected chi connectivity index (χ3v) is 4.28. The summed E-state index contributed by atoms with van der Waals surface area (Å²) in [6, 6.07) is 8.05. The molecular formula is C19H22N4O. The van der Waals surface area contributed by atoms with E-state index < -0.39 is 0 Å². The Morgan fingerprint density at radius 2 is 2.08 bits per heavy atom. The van der Waals surface area contributed by atoms with Crippen molar-refractivity contribution in [2.75, 3.05) is 13.6 Å². The number of H-pyrrole nitrogens is 1. The Morgan fingerprint density at radius 1 is 1.25 bits per heavy atom. The van der Waals surface area contributed by atoms with Crippen LogP contribution in [0.3, 0.4) is 0 Å². The number of carbonyl (C=O) groups is 1. The molecule has 1 amide bonds. The number of benzene rings is 1. The second-order valence-electron chi connectivity index (χ2n) is 6.10. The van der Waals surface area contributed by atoms with Crippen molar-refractivity contribution in [3.05, 3.63) is 59.0 Å². The monoisotopic (exact) mass is 322 g/mol. The lowest BCUT2D eigenvalue weighted by molar-refractivity contribution is 0.0798. The van der Waals surface area contributed by atoms with Crippen LogP contribution in [0.15, 0.2) is 36.7 Å². The number of nitrogens with one attached hydrogen (secondary N) is 1. The molecular weight excluding hydrogens is 300 g/mol. The molecule has 0 atom stereocenters. The fraction of sp³-hybridized carbons (Fsp3) is 0.316. The Kier molecular flexibility index (Phi) is 4.60. The van der Waals surface area contributed by atoms with Crippen molar-refractivity contribution in [2.24, 2.45) is 0 Å². The molecule has 1 aromatic carbocycles. The number of aryl methyl sites for hydroxylation is 2. The Labute approximate surface area is 141 Å². The van der Waals surface area contributed by atoms with Crippen LogP contribution in [0.4, 0.5) is 0 Å². The minimum Gasteiger partial charge on any atom is -0.341 e. The first kappa shape index (κ1) is 16.2. The summed E-state index contributed by atoms with van der Waals surface area (Å²) in [5.74, 6) is 0.0299. The minimum absolute atomic E-state index is 0.0299. The van der Waals surface area contributed by atoms with Crippen LogP contribution in [0.5, 0.6) is 0 Å². The summed E-state index contributed by atoms with van der Waals surface area (Å²) in [6.07, 6.45) is 5.37. The maximum absolute atomic E-state index is 12.9. The summed E-state index contributed by atoms with van der Waals surface area (Å²) < 4.78 is 0. The van der Waals surface area contributed by atoms with Gasteiger partial charge in [-0.15, -0.1) is 0 Å². The molecule has 2 aromatic heterocycles. The normalized spacial score (nSPS) is 11.0. The van der Waals surface area contributed by atoms with Gasteiger partial charge in [0.25, 0.3) is 5.91 Å². The first-order valence-electron chi connectivity index (χ1n) is 8.22. The number of nitrogens with zero attached hydrogens (tertiary/aromatic N) is 3. The van der Waals surface area contributed by atoms with E-state index in [0.29, 0.717) is 6.54 Å². The van der Waals surface area contributed by atoms with Gasteiger partial charge in [0.15, 0.2) is 0 Å². The fourth-order valence-corrected chi connectivity index (χ4v) is 2.82. The molecule has 0 fully saturated rings. The number of likely N-dealkylation sites (N-methyl/N-ethyl adjacent to an activating group) is 1. The Hall–Kier alpha value is -2.69. The maximum atomic E-state index is 12.9. The highest BCUT2D eigenvalue weighted by Crippen LogP contribution is 2.22. The zero-order valence-corrected chi connectivity index (χ0v) is 14.3. The van der Waals surface area contributed by atoms with E-state index in [2.05, 4.69) is 34.2 Å². The predicted octanol–water partition coefficient (Wildman–Crippen LogP) is 3.14. The number of carbonyl (C=O) groups excluding carboxylic acids is 1. The second-order valence-corrected chi connectivity index (χ2v) is 6.10. The van der Waals surface area contributed by atoms with E-state index in [1.54, 1.807) is 11.1 Å². The van der Waals surface area contributed by atoms with Crippen LogP contribution < -0.4 is 0 Å². The van der Waals surface area contributed by atoms with Gasteiger partial charge in [-0.05, 0) is 49.1 Å². The van der Waals surface area contributed by atoms with E-state index in [1.165, 1.54) is 5.56 Å². The van der Waals surface area contributed by atoms with E-state index in [4.69, 9.17) is 0 Å². The molecule has 0 bridgehead atoms. The Bertz CT molecular complexity index is 855. The molecule has 0 unspecified atom stereocenters. The zero-order chi connectivity index (χ0) is 17.1. The van der Waals surface area contributed by atoms with Crippen molar-refractivity contribution >= 4 is 16.8 Å². The largest absolute Gasteiger partial charge is 0.341 e. The summed E-state index contributed by atoms with van der Waals surface area (Å²) in [6.45, 7) is 4.69. The van der Waals surface area contributed by atoms with Gasteiger partial charge in [-0.3, -0.25) is 14.9 Å². The number of fused-ring (bicyclic) bond motifs is 1. The summed E-state index contributed by atoms with van der Waals surface area (Å²) in [5, 5.41) is 7.67. The molecule has 0 saturated carbocycles. The van der Waals surface area contributed by atoms with Crippen LogP contribution in [0.1, 0.15) is 34.1 Å². The van der Waals surface area contributed by atoms with Crippen molar-refractivity contribution in [3.63, 3.8) is 0 Å². The van der Waals surface area contributed by atoms with Gasteiger partial charge < -0.3 is 4.90 Å². The van der Waals surface area contributed by atoms with Crippen LogP contribution in [0.2, 0.25) is 0 Å². The van der Waals surface area contributed by atoms with Gasteiger partial charge in [0.05, 0.1) is 17.3 Å². The molecule has 5 nitrogen and oxygen atoms in total. The molecule has 24 heavy (non-hydrogen) atoms. The van der Waals surface area contributed by atoms with Gasteiger partial charge in [0.1, 0.15) is 0 Å². The summed E-state index contributed by atoms with van der Waals surface area (Å²) in [5.41, 5.74) is 4.77. The number of hydrogen-bond acceptors (Lipinski definition) is 3. The third-order valence-electron chi connectivity index (χ3n) is 4.28. The van der Waals surface area contributed by atoms with Crippen molar-refractivity contribution in [2.45, 2.75) is 26.7 Å². The molecule has 0 radical (unpaired) electrons. The lowest BCUT2D eigenvalue weighted by Gasteiger charge is -2.18. The number of aromatic nitrogens is 3. The highest BCUT2D eigenvalue weighted by molar-refractivity contribution is 6.06. The second kappa shape index (κ2) is 6.83. The lowest BCUT2D eigenvalue weighted by atomic mass is 10.0. The molecule has 0 aliphatic rings. The summed E-state index contributed by atoms with van der Waals surface area (Å²) in [4.78, 5) is 19.3. The smallest absolute Gasteiger partial charge is 0.254 e. The topological polar surface area (TPSA) is 61.9 Å². The molecule has 3 rings (SSSR count). The highest BCUT2D eigenvalue weighted by Gasteiger charge is 2.16. The fourth-order valence-electron chi connectivity index (χ4n) is 2.82. The molecule has 3 aromatic rings. The standard InChI is InChI=1S/C19H22N4O/c1-4-14-5-6-18-16(10-14)17(9-13(2)22-18)19(24)23(3)8-7-15-11-20-21-12-15/h5-6,9-12H,4,7-8H2,1-3H3,(H,20,21). The first-order chi connectivity index (χ1) is 11.6. The molecule has 0 saturated heterocycles. The van der Waals surface area contributed by atoms with Crippen molar-refractivity contribution in [1.29, 1.82) is 0 Å². The summed E-state index contributed by atoms with van der Waals surface area (Å²) >= 11 is 0. The molecule has 0 spiro atoms. The highest BCUT2D eigenvalue weighted by atomic mass is 16.2. The average Bonchev–Trinajstić information content (AvgIpc) is 3.11. The SMILES string of the molecule is CCc1ccc2nc(C)cc(C(=O)N(C)CCc3cn[nH]c3)c2c1. The number of hydrogen-bond donors (Lipinski definition) is 1. The number of amides is 1.